The van der Waals surface area contributed by atoms with Gasteiger partial charge in [0.2, 0.25) is 5.78 Å². The molecule has 0 aromatic heterocycles. The van der Waals surface area contributed by atoms with Gasteiger partial charge in [0.05, 0.1) is 18.2 Å². The third-order valence-corrected chi connectivity index (χ3v) is 7.32. The van der Waals surface area contributed by atoms with Crippen LogP contribution in [0.2, 0.25) is 0 Å². The molecule has 0 heterocycles. The second-order valence-electron chi connectivity index (χ2n) is 9.60. The van der Waals surface area contributed by atoms with Crippen LogP contribution in [0.1, 0.15) is 37.3 Å². The summed E-state index contributed by atoms with van der Waals surface area (Å²) in [4.78, 5) is 40.3. The van der Waals surface area contributed by atoms with Crippen LogP contribution < -0.4 is 10.5 Å². The molecular weight excluding hydrogens is 456 g/mol. The lowest BCUT2D eigenvalue weighted by molar-refractivity contribution is -0.153. The minimum Gasteiger partial charge on any atom is -0.508 e. The number of unbranched alkanes of at least 4 members (excludes halogenated alkanes) is 1. The monoisotopic (exact) mass is 486 g/mol. The molecule has 3 aliphatic rings. The van der Waals surface area contributed by atoms with E-state index in [0.29, 0.717) is 17.9 Å². The van der Waals surface area contributed by atoms with Crippen molar-refractivity contribution in [3.05, 3.63) is 40.2 Å². The Hall–Kier alpha value is -3.37. The van der Waals surface area contributed by atoms with E-state index in [0.717, 1.165) is 12.8 Å². The number of phenolic OH excluding ortho intramolecular Hbond substituents is 1. The van der Waals surface area contributed by atoms with E-state index >= 15 is 0 Å². The van der Waals surface area contributed by atoms with Gasteiger partial charge in [-0.3, -0.25) is 19.3 Å². The number of amides is 1. The summed E-state index contributed by atoms with van der Waals surface area (Å²) in [5.74, 6) is -6.25. The number of benzene rings is 1. The van der Waals surface area contributed by atoms with Gasteiger partial charge in [-0.1, -0.05) is 13.3 Å². The lowest BCUT2D eigenvalue weighted by atomic mass is 9.57. The number of ketones is 2. The maximum atomic E-state index is 13.7. The van der Waals surface area contributed by atoms with Crippen molar-refractivity contribution in [3.63, 3.8) is 0 Å². The molecule has 0 spiro atoms. The fraction of sp³-hybridized carbons (Fsp3) is 0.480. The average molecular weight is 487 g/mol. The molecule has 0 aliphatic heterocycles. The van der Waals surface area contributed by atoms with Crippen LogP contribution in [0.4, 0.5) is 0 Å². The summed E-state index contributed by atoms with van der Waals surface area (Å²) in [5.41, 5.74) is 2.20. The van der Waals surface area contributed by atoms with Gasteiger partial charge in [0.15, 0.2) is 11.4 Å². The zero-order valence-corrected chi connectivity index (χ0v) is 19.9. The SMILES string of the molecule is CCCCOc1ccc(O)c2c1CC1CC3[C@H](N(C)C)C(=O)C(C(N)=O)=C(O)[C@@]3(O)C(=O)C1=C2O. The van der Waals surface area contributed by atoms with Crippen LogP contribution in [-0.2, 0) is 20.8 Å². The van der Waals surface area contributed by atoms with Crippen LogP contribution in [0.15, 0.2) is 29.0 Å². The van der Waals surface area contributed by atoms with E-state index in [2.05, 4.69) is 0 Å². The number of primary amides is 1. The van der Waals surface area contributed by atoms with E-state index in [1.807, 2.05) is 6.92 Å². The predicted molar refractivity (Wildman–Crippen MR) is 125 cm³/mol. The normalized spacial score (nSPS) is 28.1. The summed E-state index contributed by atoms with van der Waals surface area (Å²) in [6.45, 7) is 2.45. The topological polar surface area (TPSA) is 171 Å². The first-order chi connectivity index (χ1) is 16.5. The Kier molecular flexibility index (Phi) is 6.14. The number of Topliss-reactive ketones (excluding diaryl/α,β-unsaturated/α-hetero) is 2. The smallest absolute Gasteiger partial charge is 0.255 e. The fourth-order valence-electron chi connectivity index (χ4n) is 5.68. The number of hydrogen-bond acceptors (Lipinski definition) is 9. The van der Waals surface area contributed by atoms with Gasteiger partial charge in [-0.2, -0.15) is 0 Å². The Balaban J connectivity index is 1.91. The Bertz CT molecular complexity index is 1180. The second kappa shape index (κ2) is 8.69. The summed E-state index contributed by atoms with van der Waals surface area (Å²) >= 11 is 0. The number of nitrogens with zero attached hydrogens (tertiary/aromatic N) is 1. The number of hydrogen-bond donors (Lipinski definition) is 5. The molecule has 1 aromatic rings. The highest BCUT2D eigenvalue weighted by Crippen LogP contribution is 2.53. The quantitative estimate of drug-likeness (QED) is 0.292. The first-order valence-electron chi connectivity index (χ1n) is 11.6. The maximum absolute atomic E-state index is 13.7. The van der Waals surface area contributed by atoms with Gasteiger partial charge in [0, 0.05) is 17.1 Å². The van der Waals surface area contributed by atoms with Crippen LogP contribution in [0.3, 0.4) is 0 Å². The zero-order valence-electron chi connectivity index (χ0n) is 19.9. The number of likely N-dealkylation sites (N-methyl/N-ethyl adjacent to an activating group) is 1. The van der Waals surface area contributed by atoms with Gasteiger partial charge < -0.3 is 30.9 Å². The Labute approximate surface area is 202 Å². The molecule has 2 unspecified atom stereocenters. The van der Waals surface area contributed by atoms with Crippen molar-refractivity contribution in [3.8, 4) is 11.5 Å². The standard InChI is InChI=1S/C25H30N2O8/c1-4-5-8-35-15-7-6-14(28)17-12(15)9-11-10-13-19(27(2)3)21(30)18(24(26)33)23(32)25(13,34)22(31)16(11)20(17)29/h6-7,11,13,19,28-29,32,34H,4-5,8-10H2,1-3H3,(H2,26,33)/t11?,13?,19-,25-/m0/s1. The molecule has 188 valence electrons. The Morgan fingerprint density at radius 2 is 1.91 bits per heavy atom. The van der Waals surface area contributed by atoms with Gasteiger partial charge in [-0.15, -0.1) is 0 Å². The summed E-state index contributed by atoms with van der Waals surface area (Å²) in [6.07, 6.45) is 1.96. The number of aliphatic hydroxyl groups is 3. The van der Waals surface area contributed by atoms with Gasteiger partial charge in [-0.05, 0) is 51.4 Å². The minimum absolute atomic E-state index is 0.0234. The number of ether oxygens (including phenoxy) is 1. The van der Waals surface area contributed by atoms with Crippen LogP contribution in [-0.4, -0.2) is 75.1 Å². The molecule has 4 rings (SSSR count). The fourth-order valence-corrected chi connectivity index (χ4v) is 5.68. The molecule has 1 aromatic carbocycles. The highest BCUT2D eigenvalue weighted by atomic mass is 16.5. The second-order valence-corrected chi connectivity index (χ2v) is 9.60. The molecule has 6 N–H and O–H groups in total. The number of fused-ring (bicyclic) bond motifs is 3. The van der Waals surface area contributed by atoms with Crippen molar-refractivity contribution in [1.82, 2.24) is 4.90 Å². The lowest BCUT2D eigenvalue weighted by Gasteiger charge is -2.50. The van der Waals surface area contributed by atoms with E-state index in [4.69, 9.17) is 10.5 Å². The molecule has 0 radical (unpaired) electrons. The predicted octanol–water partition coefficient (Wildman–Crippen LogP) is 1.14. The van der Waals surface area contributed by atoms with Gasteiger partial charge in [0.25, 0.3) is 5.91 Å². The molecule has 10 nitrogen and oxygen atoms in total. The number of carbonyl (C=O) groups excluding carboxylic acids is 3. The van der Waals surface area contributed by atoms with Crippen LogP contribution in [0.5, 0.6) is 11.5 Å². The van der Waals surface area contributed by atoms with E-state index in [9.17, 15) is 34.8 Å². The molecular formula is C25H30N2O8. The largest absolute Gasteiger partial charge is 0.508 e. The Morgan fingerprint density at radius 1 is 1.23 bits per heavy atom. The summed E-state index contributed by atoms with van der Waals surface area (Å²) < 4.78 is 5.87. The van der Waals surface area contributed by atoms with Crippen molar-refractivity contribution < 1.29 is 39.5 Å². The minimum atomic E-state index is -2.64. The molecule has 4 atom stereocenters. The number of nitrogens with two attached hydrogens (primary N) is 1. The molecule has 0 saturated heterocycles. The summed E-state index contributed by atoms with van der Waals surface area (Å²) in [6, 6.07) is 1.84. The molecule has 1 saturated carbocycles. The van der Waals surface area contributed by atoms with Crippen molar-refractivity contribution in [2.24, 2.45) is 17.6 Å². The zero-order chi connectivity index (χ0) is 25.8. The number of aromatic hydroxyl groups is 1. The highest BCUT2D eigenvalue weighted by Gasteiger charge is 2.64. The molecule has 0 bridgehead atoms. The number of aliphatic hydroxyl groups excluding tert-OH is 2. The van der Waals surface area contributed by atoms with E-state index in [1.165, 1.54) is 11.0 Å². The highest BCUT2D eigenvalue weighted by molar-refractivity contribution is 6.24. The summed E-state index contributed by atoms with van der Waals surface area (Å²) in [7, 11) is 3.12. The number of rotatable bonds is 6. The van der Waals surface area contributed by atoms with Gasteiger partial charge in [0.1, 0.15) is 28.6 Å². The molecule has 1 amide bonds. The van der Waals surface area contributed by atoms with E-state index in [-0.39, 0.29) is 29.7 Å². The van der Waals surface area contributed by atoms with Crippen molar-refractivity contribution in [2.75, 3.05) is 20.7 Å². The third kappa shape index (κ3) is 3.51. The number of phenols is 1. The lowest BCUT2D eigenvalue weighted by Crippen LogP contribution is -2.65. The van der Waals surface area contributed by atoms with Crippen LogP contribution >= 0.6 is 0 Å². The van der Waals surface area contributed by atoms with E-state index in [1.54, 1.807) is 20.2 Å². The molecule has 35 heavy (non-hydrogen) atoms. The van der Waals surface area contributed by atoms with Crippen LogP contribution in [0.25, 0.3) is 5.76 Å². The van der Waals surface area contributed by atoms with Crippen LogP contribution in [0, 0.1) is 11.8 Å². The van der Waals surface area contributed by atoms with Crippen molar-refractivity contribution in [2.45, 2.75) is 44.2 Å². The number of carbonyl (C=O) groups is 3. The van der Waals surface area contributed by atoms with Gasteiger partial charge in [-0.25, -0.2) is 0 Å². The maximum Gasteiger partial charge on any atom is 0.255 e. The molecule has 3 aliphatic carbocycles. The van der Waals surface area contributed by atoms with Gasteiger partial charge >= 0.3 is 0 Å². The summed E-state index contributed by atoms with van der Waals surface area (Å²) in [5, 5.41) is 44.1. The third-order valence-electron chi connectivity index (χ3n) is 7.32. The first kappa shape index (κ1) is 24.7. The van der Waals surface area contributed by atoms with Crippen molar-refractivity contribution >= 4 is 23.2 Å². The molecule has 10 heteroatoms. The van der Waals surface area contributed by atoms with E-state index < -0.39 is 58.0 Å². The first-order valence-corrected chi connectivity index (χ1v) is 11.6. The average Bonchev–Trinajstić information content (AvgIpc) is 2.77. The molecule has 1 fully saturated rings. The van der Waals surface area contributed by atoms with Crippen molar-refractivity contribution in [1.29, 1.82) is 0 Å². The Morgan fingerprint density at radius 3 is 2.51 bits per heavy atom.